The van der Waals surface area contributed by atoms with Crippen molar-refractivity contribution in [3.8, 4) is 0 Å². The molecule has 1 unspecified atom stereocenters. The number of sulfonamides is 1. The molecule has 1 fully saturated rings. The Morgan fingerprint density at radius 2 is 1.77 bits per heavy atom. The van der Waals surface area contributed by atoms with Crippen LogP contribution in [-0.2, 0) is 14.8 Å². The number of hydrogen-bond acceptors (Lipinski definition) is 3. The van der Waals surface area contributed by atoms with E-state index in [0.29, 0.717) is 12.3 Å². The lowest BCUT2D eigenvalue weighted by Gasteiger charge is -2.28. The van der Waals surface area contributed by atoms with Crippen LogP contribution in [0.2, 0.25) is 0 Å². The van der Waals surface area contributed by atoms with Gasteiger partial charge >= 0.3 is 0 Å². The lowest BCUT2D eigenvalue weighted by atomic mass is 9.78. The molecular weight excluding hydrogens is 298 g/mol. The first-order chi connectivity index (χ1) is 10.4. The number of nitrogens with one attached hydrogen (secondary N) is 1. The lowest BCUT2D eigenvalue weighted by molar-refractivity contribution is -0.125. The zero-order chi connectivity index (χ0) is 16.2. The van der Waals surface area contributed by atoms with E-state index < -0.39 is 10.0 Å². The molecule has 122 valence electrons. The molecule has 1 aromatic carbocycles. The second-order valence-corrected chi connectivity index (χ2v) is 7.88. The summed E-state index contributed by atoms with van der Waals surface area (Å²) >= 11 is 0. The van der Waals surface area contributed by atoms with E-state index in [9.17, 15) is 13.2 Å². The van der Waals surface area contributed by atoms with E-state index in [2.05, 4.69) is 4.72 Å². The molecule has 0 radical (unpaired) electrons. The first-order valence-electron chi connectivity index (χ1n) is 8.07. The number of carbonyl (C=O) groups excluding carboxylic acids is 1. The van der Waals surface area contributed by atoms with Crippen molar-refractivity contribution in [2.75, 3.05) is 0 Å². The molecular formula is C17H25NO3S. The number of rotatable bonds is 5. The molecule has 1 aromatic rings. The van der Waals surface area contributed by atoms with Crippen LogP contribution in [0.1, 0.15) is 51.0 Å². The van der Waals surface area contributed by atoms with Crippen LogP contribution in [0.5, 0.6) is 0 Å². The minimum atomic E-state index is -3.77. The van der Waals surface area contributed by atoms with E-state index in [4.69, 9.17) is 0 Å². The Morgan fingerprint density at radius 1 is 1.18 bits per heavy atom. The molecule has 22 heavy (non-hydrogen) atoms. The monoisotopic (exact) mass is 323 g/mol. The smallest absolute Gasteiger partial charge is 0.264 e. The fraction of sp³-hybridized carbons (Fsp3) is 0.588. The summed E-state index contributed by atoms with van der Waals surface area (Å²) in [7, 11) is -3.77. The van der Waals surface area contributed by atoms with Gasteiger partial charge in [0.05, 0.1) is 4.90 Å². The van der Waals surface area contributed by atoms with Gasteiger partial charge in [-0.15, -0.1) is 0 Å². The van der Waals surface area contributed by atoms with Crippen molar-refractivity contribution in [2.24, 2.45) is 11.8 Å². The van der Waals surface area contributed by atoms with E-state index in [0.717, 1.165) is 31.2 Å². The standard InChI is InChI=1S/C17H25NO3S/c1-3-16(14-7-5-4-6-8-14)17(19)18-22(20,21)15-11-9-13(2)10-12-15/h9-12,14,16H,3-8H2,1-2H3,(H,18,19). The minimum absolute atomic E-state index is 0.143. The van der Waals surface area contributed by atoms with Gasteiger partial charge in [0.1, 0.15) is 0 Å². The maximum absolute atomic E-state index is 12.4. The van der Waals surface area contributed by atoms with Gasteiger partial charge in [-0.2, -0.15) is 0 Å². The molecule has 1 aliphatic rings. The van der Waals surface area contributed by atoms with Gasteiger partial charge < -0.3 is 0 Å². The van der Waals surface area contributed by atoms with Crippen LogP contribution in [-0.4, -0.2) is 14.3 Å². The summed E-state index contributed by atoms with van der Waals surface area (Å²) in [5, 5.41) is 0. The summed E-state index contributed by atoms with van der Waals surface area (Å²) in [4.78, 5) is 12.6. The number of amides is 1. The molecule has 0 aliphatic heterocycles. The fourth-order valence-electron chi connectivity index (χ4n) is 3.25. The molecule has 2 rings (SSSR count). The Labute approximate surface area is 133 Å². The zero-order valence-electron chi connectivity index (χ0n) is 13.3. The Morgan fingerprint density at radius 3 is 2.32 bits per heavy atom. The van der Waals surface area contributed by atoms with Crippen molar-refractivity contribution >= 4 is 15.9 Å². The molecule has 5 heteroatoms. The van der Waals surface area contributed by atoms with Gasteiger partial charge in [0, 0.05) is 5.92 Å². The molecule has 1 aliphatic carbocycles. The highest BCUT2D eigenvalue weighted by molar-refractivity contribution is 7.90. The number of carbonyl (C=O) groups is 1. The van der Waals surface area contributed by atoms with Crippen LogP contribution in [0.3, 0.4) is 0 Å². The van der Waals surface area contributed by atoms with Crippen LogP contribution in [0, 0.1) is 18.8 Å². The molecule has 4 nitrogen and oxygen atoms in total. The molecule has 0 heterocycles. The van der Waals surface area contributed by atoms with Crippen molar-refractivity contribution in [3.63, 3.8) is 0 Å². The molecule has 0 bridgehead atoms. The summed E-state index contributed by atoms with van der Waals surface area (Å²) in [6.07, 6.45) is 6.22. The van der Waals surface area contributed by atoms with Gasteiger partial charge in [0.2, 0.25) is 5.91 Å². The van der Waals surface area contributed by atoms with Crippen molar-refractivity contribution in [1.29, 1.82) is 0 Å². The predicted molar refractivity (Wildman–Crippen MR) is 86.9 cm³/mol. The SMILES string of the molecule is CCC(C(=O)NS(=O)(=O)c1ccc(C)cc1)C1CCCCC1. The van der Waals surface area contributed by atoms with Crippen LogP contribution >= 0.6 is 0 Å². The second kappa shape index (κ2) is 7.27. The summed E-state index contributed by atoms with van der Waals surface area (Å²) in [5.41, 5.74) is 0.985. The van der Waals surface area contributed by atoms with Crippen LogP contribution in [0.25, 0.3) is 0 Å². The average molecular weight is 323 g/mol. The second-order valence-electron chi connectivity index (χ2n) is 6.20. The van der Waals surface area contributed by atoms with E-state index in [-0.39, 0.29) is 16.7 Å². The van der Waals surface area contributed by atoms with Crippen LogP contribution in [0.4, 0.5) is 0 Å². The topological polar surface area (TPSA) is 63.2 Å². The Balaban J connectivity index is 2.09. The van der Waals surface area contributed by atoms with E-state index >= 15 is 0 Å². The highest BCUT2D eigenvalue weighted by atomic mass is 32.2. The molecule has 0 aromatic heterocycles. The molecule has 1 amide bonds. The van der Waals surface area contributed by atoms with Gasteiger partial charge in [-0.3, -0.25) is 4.79 Å². The van der Waals surface area contributed by atoms with E-state index in [1.165, 1.54) is 18.6 Å². The van der Waals surface area contributed by atoms with Gasteiger partial charge in [0.15, 0.2) is 0 Å². The summed E-state index contributed by atoms with van der Waals surface area (Å²) in [6, 6.07) is 6.54. The molecule has 0 saturated heterocycles. The number of benzene rings is 1. The average Bonchev–Trinajstić information content (AvgIpc) is 2.49. The molecule has 1 N–H and O–H groups in total. The Bertz CT molecular complexity index is 601. The van der Waals surface area contributed by atoms with E-state index in [1.54, 1.807) is 12.1 Å². The quantitative estimate of drug-likeness (QED) is 0.903. The normalized spacial score (nSPS) is 17.9. The van der Waals surface area contributed by atoms with Gasteiger partial charge in [-0.25, -0.2) is 13.1 Å². The van der Waals surface area contributed by atoms with E-state index in [1.807, 2.05) is 13.8 Å². The van der Waals surface area contributed by atoms with Gasteiger partial charge in [-0.1, -0.05) is 43.9 Å². The summed E-state index contributed by atoms with van der Waals surface area (Å²) < 4.78 is 26.9. The van der Waals surface area contributed by atoms with Gasteiger partial charge in [-0.05, 0) is 44.2 Å². The largest absolute Gasteiger partial charge is 0.274 e. The van der Waals surface area contributed by atoms with Crippen LogP contribution < -0.4 is 4.72 Å². The molecule has 1 atom stereocenters. The minimum Gasteiger partial charge on any atom is -0.274 e. The predicted octanol–water partition coefficient (Wildman–Crippen LogP) is 3.41. The maximum Gasteiger partial charge on any atom is 0.264 e. The Kier molecular flexibility index (Phi) is 5.62. The highest BCUT2D eigenvalue weighted by Crippen LogP contribution is 2.32. The Hall–Kier alpha value is -1.36. The molecule has 0 spiro atoms. The van der Waals surface area contributed by atoms with Crippen molar-refractivity contribution in [3.05, 3.63) is 29.8 Å². The van der Waals surface area contributed by atoms with Crippen molar-refractivity contribution in [2.45, 2.75) is 57.3 Å². The van der Waals surface area contributed by atoms with Crippen molar-refractivity contribution in [1.82, 2.24) is 4.72 Å². The first kappa shape index (κ1) is 17.0. The lowest BCUT2D eigenvalue weighted by Crippen LogP contribution is -2.39. The summed E-state index contributed by atoms with van der Waals surface area (Å²) in [5.74, 6) is -0.248. The van der Waals surface area contributed by atoms with Gasteiger partial charge in [0.25, 0.3) is 10.0 Å². The number of aryl methyl sites for hydroxylation is 1. The number of hydrogen-bond donors (Lipinski definition) is 1. The maximum atomic E-state index is 12.4. The van der Waals surface area contributed by atoms with Crippen molar-refractivity contribution < 1.29 is 13.2 Å². The molecule has 1 saturated carbocycles. The third-order valence-electron chi connectivity index (χ3n) is 4.56. The third kappa shape index (κ3) is 4.09. The third-order valence-corrected chi connectivity index (χ3v) is 5.92. The zero-order valence-corrected chi connectivity index (χ0v) is 14.2. The highest BCUT2D eigenvalue weighted by Gasteiger charge is 2.30. The first-order valence-corrected chi connectivity index (χ1v) is 9.55. The summed E-state index contributed by atoms with van der Waals surface area (Å²) in [6.45, 7) is 3.85. The van der Waals surface area contributed by atoms with Crippen LogP contribution in [0.15, 0.2) is 29.2 Å². The fourth-order valence-corrected chi connectivity index (χ4v) is 4.28.